The molecule has 0 aliphatic rings. The Morgan fingerprint density at radius 3 is 2.67 bits per heavy atom. The fourth-order valence-corrected chi connectivity index (χ4v) is 2.31. The molecule has 0 fully saturated rings. The van der Waals surface area contributed by atoms with Crippen molar-refractivity contribution in [2.24, 2.45) is 0 Å². The van der Waals surface area contributed by atoms with E-state index >= 15 is 0 Å². The number of hydrogen-bond acceptors (Lipinski definition) is 2. The van der Waals surface area contributed by atoms with E-state index in [1.807, 2.05) is 0 Å². The highest BCUT2D eigenvalue weighted by molar-refractivity contribution is 9.10. The molecule has 102 valence electrons. The van der Waals surface area contributed by atoms with Gasteiger partial charge in [0.2, 0.25) is 0 Å². The third-order valence-electron chi connectivity index (χ3n) is 3.05. The number of hydrogen-bond donors (Lipinski definition) is 1. The number of rotatable bonds is 8. The van der Waals surface area contributed by atoms with Crippen LogP contribution < -0.4 is 10.2 Å². The Labute approximate surface area is 120 Å². The molecule has 2 nitrogen and oxygen atoms in total. The first-order chi connectivity index (χ1) is 8.69. The Kier molecular flexibility index (Phi) is 7.36. The summed E-state index contributed by atoms with van der Waals surface area (Å²) < 4.78 is 1.15. The van der Waals surface area contributed by atoms with Gasteiger partial charge < -0.3 is 10.2 Å². The van der Waals surface area contributed by atoms with Crippen molar-refractivity contribution in [2.45, 2.75) is 39.7 Å². The van der Waals surface area contributed by atoms with Crippen LogP contribution in [0.25, 0.3) is 0 Å². The summed E-state index contributed by atoms with van der Waals surface area (Å²) in [5, 5.41) is 3.48. The summed E-state index contributed by atoms with van der Waals surface area (Å²) in [6.45, 7) is 7.58. The van der Waals surface area contributed by atoms with E-state index in [9.17, 15) is 0 Å². The molecule has 0 bridgehead atoms. The lowest BCUT2D eigenvalue weighted by atomic mass is 10.1. The fraction of sp³-hybridized carbons (Fsp3) is 0.600. The minimum absolute atomic E-state index is 0.951. The smallest absolute Gasteiger partial charge is 0.0420 e. The van der Waals surface area contributed by atoms with Crippen LogP contribution in [0.4, 0.5) is 5.69 Å². The van der Waals surface area contributed by atoms with Gasteiger partial charge in [-0.25, -0.2) is 0 Å². The van der Waals surface area contributed by atoms with Gasteiger partial charge in [-0.1, -0.05) is 42.3 Å². The maximum Gasteiger partial charge on any atom is 0.0420 e. The Morgan fingerprint density at radius 1 is 1.22 bits per heavy atom. The Bertz CT molecular complexity index is 352. The monoisotopic (exact) mass is 312 g/mol. The summed E-state index contributed by atoms with van der Waals surface area (Å²) in [5.41, 5.74) is 2.71. The van der Waals surface area contributed by atoms with Crippen LogP contribution in [-0.4, -0.2) is 20.1 Å². The van der Waals surface area contributed by atoms with Crippen LogP contribution >= 0.6 is 15.9 Å². The van der Waals surface area contributed by atoms with E-state index in [4.69, 9.17) is 0 Å². The fourth-order valence-electron chi connectivity index (χ4n) is 1.96. The Balaban J connectivity index is 2.75. The van der Waals surface area contributed by atoms with Crippen molar-refractivity contribution in [2.75, 3.05) is 25.0 Å². The van der Waals surface area contributed by atoms with Gasteiger partial charge in [-0.3, -0.25) is 0 Å². The lowest BCUT2D eigenvalue weighted by Gasteiger charge is -2.23. The summed E-state index contributed by atoms with van der Waals surface area (Å²) in [6, 6.07) is 6.56. The van der Waals surface area contributed by atoms with Crippen molar-refractivity contribution < 1.29 is 0 Å². The molecule has 0 spiro atoms. The first-order valence-corrected chi connectivity index (χ1v) is 7.68. The van der Waals surface area contributed by atoms with Gasteiger partial charge in [-0.15, -0.1) is 0 Å². The summed E-state index contributed by atoms with van der Waals surface area (Å²) in [5.74, 6) is 0. The minimum Gasteiger partial charge on any atom is -0.374 e. The molecule has 1 rings (SSSR count). The predicted molar refractivity (Wildman–Crippen MR) is 84.3 cm³/mol. The van der Waals surface area contributed by atoms with Crippen LogP contribution in [0, 0.1) is 0 Å². The molecule has 0 saturated heterocycles. The van der Waals surface area contributed by atoms with Gasteiger partial charge in [0.05, 0.1) is 0 Å². The van der Waals surface area contributed by atoms with Gasteiger partial charge in [0, 0.05) is 30.3 Å². The second kappa shape index (κ2) is 8.54. The van der Waals surface area contributed by atoms with Gasteiger partial charge in [0.25, 0.3) is 0 Å². The number of halogens is 1. The van der Waals surface area contributed by atoms with E-state index in [0.717, 1.165) is 24.1 Å². The molecule has 0 amide bonds. The number of anilines is 1. The molecule has 0 aliphatic heterocycles. The molecule has 0 radical (unpaired) electrons. The van der Waals surface area contributed by atoms with Gasteiger partial charge in [0.1, 0.15) is 0 Å². The molecule has 0 aromatic heterocycles. The van der Waals surface area contributed by atoms with Crippen molar-refractivity contribution in [3.8, 4) is 0 Å². The van der Waals surface area contributed by atoms with Crippen LogP contribution in [0.3, 0.4) is 0 Å². The number of unbranched alkanes of at least 4 members (excludes halogenated alkanes) is 1. The van der Waals surface area contributed by atoms with Crippen LogP contribution in [-0.2, 0) is 6.54 Å². The van der Waals surface area contributed by atoms with Gasteiger partial charge in [-0.2, -0.15) is 0 Å². The van der Waals surface area contributed by atoms with Crippen molar-refractivity contribution in [3.05, 3.63) is 28.2 Å². The zero-order valence-electron chi connectivity index (χ0n) is 11.8. The molecule has 18 heavy (non-hydrogen) atoms. The highest BCUT2D eigenvalue weighted by Gasteiger charge is 2.07. The van der Waals surface area contributed by atoms with E-state index < -0.39 is 0 Å². The SMILES string of the molecule is CCCCN(C)c1cc(Br)ccc1CNCCC. The first kappa shape index (κ1) is 15.5. The maximum atomic E-state index is 3.57. The zero-order valence-corrected chi connectivity index (χ0v) is 13.4. The highest BCUT2D eigenvalue weighted by Crippen LogP contribution is 2.24. The number of nitrogens with one attached hydrogen (secondary N) is 1. The van der Waals surface area contributed by atoms with E-state index in [-0.39, 0.29) is 0 Å². The topological polar surface area (TPSA) is 15.3 Å². The molecular weight excluding hydrogens is 288 g/mol. The van der Waals surface area contributed by atoms with Crippen molar-refractivity contribution >= 4 is 21.6 Å². The van der Waals surface area contributed by atoms with Crippen molar-refractivity contribution in [1.82, 2.24) is 5.32 Å². The second-order valence-corrected chi connectivity index (χ2v) is 5.64. The van der Waals surface area contributed by atoms with Crippen LogP contribution in [0.2, 0.25) is 0 Å². The average molecular weight is 313 g/mol. The molecule has 1 aromatic rings. The van der Waals surface area contributed by atoms with E-state index in [2.05, 4.69) is 65.2 Å². The second-order valence-electron chi connectivity index (χ2n) is 4.72. The maximum absolute atomic E-state index is 3.57. The number of nitrogens with zero attached hydrogens (tertiary/aromatic N) is 1. The normalized spacial score (nSPS) is 10.7. The quantitative estimate of drug-likeness (QED) is 0.724. The Morgan fingerprint density at radius 2 is 2.00 bits per heavy atom. The lowest BCUT2D eigenvalue weighted by Crippen LogP contribution is -2.22. The zero-order chi connectivity index (χ0) is 13.4. The molecule has 0 saturated carbocycles. The standard InChI is InChI=1S/C15H25BrN2/c1-4-6-10-18(3)15-11-14(16)8-7-13(15)12-17-9-5-2/h7-8,11,17H,4-6,9-10,12H2,1-3H3. The Hall–Kier alpha value is -0.540. The first-order valence-electron chi connectivity index (χ1n) is 6.89. The van der Waals surface area contributed by atoms with Crippen LogP contribution in [0.15, 0.2) is 22.7 Å². The number of benzene rings is 1. The van der Waals surface area contributed by atoms with Crippen molar-refractivity contribution in [1.29, 1.82) is 0 Å². The third kappa shape index (κ3) is 4.99. The summed E-state index contributed by atoms with van der Waals surface area (Å²) in [6.07, 6.45) is 3.66. The van der Waals surface area contributed by atoms with E-state index in [1.165, 1.54) is 30.5 Å². The summed E-state index contributed by atoms with van der Waals surface area (Å²) in [7, 11) is 2.18. The average Bonchev–Trinajstić information content (AvgIpc) is 2.38. The molecular formula is C15H25BrN2. The molecule has 3 heteroatoms. The minimum atomic E-state index is 0.951. The van der Waals surface area contributed by atoms with E-state index in [1.54, 1.807) is 0 Å². The molecule has 0 atom stereocenters. The molecule has 0 heterocycles. The van der Waals surface area contributed by atoms with Gasteiger partial charge >= 0.3 is 0 Å². The third-order valence-corrected chi connectivity index (χ3v) is 3.54. The molecule has 1 N–H and O–H groups in total. The summed E-state index contributed by atoms with van der Waals surface area (Å²) >= 11 is 3.57. The molecule has 0 aliphatic carbocycles. The van der Waals surface area contributed by atoms with Gasteiger partial charge in [0.15, 0.2) is 0 Å². The molecule has 1 aromatic carbocycles. The van der Waals surface area contributed by atoms with Crippen molar-refractivity contribution in [3.63, 3.8) is 0 Å². The van der Waals surface area contributed by atoms with Crippen LogP contribution in [0.1, 0.15) is 38.7 Å². The summed E-state index contributed by atoms with van der Waals surface area (Å²) in [4.78, 5) is 2.36. The predicted octanol–water partition coefficient (Wildman–Crippen LogP) is 4.19. The van der Waals surface area contributed by atoms with Crippen LogP contribution in [0.5, 0.6) is 0 Å². The van der Waals surface area contributed by atoms with Gasteiger partial charge in [-0.05, 0) is 37.1 Å². The largest absolute Gasteiger partial charge is 0.374 e. The highest BCUT2D eigenvalue weighted by atomic mass is 79.9. The molecule has 0 unspecified atom stereocenters. The van der Waals surface area contributed by atoms with E-state index in [0.29, 0.717) is 0 Å². The lowest BCUT2D eigenvalue weighted by molar-refractivity contribution is 0.672.